The SMILES string of the molecule is C=C(C)COc1ccc(C2(C)NC(=O)N(CCCCC)C2=O)cc1. The molecule has 1 aromatic carbocycles. The minimum Gasteiger partial charge on any atom is -0.489 e. The van der Waals surface area contributed by atoms with Crippen LogP contribution in [-0.4, -0.2) is 30.0 Å². The number of amides is 3. The van der Waals surface area contributed by atoms with E-state index in [2.05, 4.69) is 18.8 Å². The monoisotopic (exact) mass is 330 g/mol. The normalized spacial score (nSPS) is 20.2. The molecule has 1 saturated heterocycles. The van der Waals surface area contributed by atoms with Crippen molar-refractivity contribution in [1.82, 2.24) is 10.2 Å². The molecule has 1 aliphatic heterocycles. The lowest BCUT2D eigenvalue weighted by molar-refractivity contribution is -0.131. The molecule has 5 nitrogen and oxygen atoms in total. The second-order valence-electron chi connectivity index (χ2n) is 6.49. The summed E-state index contributed by atoms with van der Waals surface area (Å²) in [5.74, 6) is 0.515. The van der Waals surface area contributed by atoms with Crippen molar-refractivity contribution < 1.29 is 14.3 Å². The van der Waals surface area contributed by atoms with Crippen molar-refractivity contribution in [2.24, 2.45) is 0 Å². The van der Waals surface area contributed by atoms with Gasteiger partial charge in [0.05, 0.1) is 0 Å². The summed E-state index contributed by atoms with van der Waals surface area (Å²) < 4.78 is 5.57. The van der Waals surface area contributed by atoms with Crippen molar-refractivity contribution in [1.29, 1.82) is 0 Å². The van der Waals surface area contributed by atoms with E-state index in [1.165, 1.54) is 4.90 Å². The van der Waals surface area contributed by atoms with Crippen molar-refractivity contribution in [3.8, 4) is 5.75 Å². The Bertz CT molecular complexity index is 624. The molecule has 1 N–H and O–H groups in total. The van der Waals surface area contributed by atoms with E-state index >= 15 is 0 Å². The number of carbonyl (C=O) groups is 2. The molecular formula is C19H26N2O3. The first-order valence-electron chi connectivity index (χ1n) is 8.40. The lowest BCUT2D eigenvalue weighted by Crippen LogP contribution is -2.41. The van der Waals surface area contributed by atoms with Gasteiger partial charge < -0.3 is 10.1 Å². The molecule has 1 aromatic rings. The summed E-state index contributed by atoms with van der Waals surface area (Å²) in [5, 5.41) is 2.83. The van der Waals surface area contributed by atoms with Gasteiger partial charge in [-0.3, -0.25) is 9.69 Å². The lowest BCUT2D eigenvalue weighted by atomic mass is 9.92. The number of imide groups is 1. The van der Waals surface area contributed by atoms with Crippen LogP contribution in [0, 0.1) is 0 Å². The van der Waals surface area contributed by atoms with Gasteiger partial charge in [-0.05, 0) is 43.5 Å². The Labute approximate surface area is 143 Å². The second kappa shape index (κ2) is 7.51. The maximum absolute atomic E-state index is 12.7. The molecule has 1 fully saturated rings. The Balaban J connectivity index is 2.11. The number of urea groups is 1. The van der Waals surface area contributed by atoms with Crippen LogP contribution < -0.4 is 10.1 Å². The van der Waals surface area contributed by atoms with Crippen molar-refractivity contribution in [3.63, 3.8) is 0 Å². The summed E-state index contributed by atoms with van der Waals surface area (Å²) >= 11 is 0. The van der Waals surface area contributed by atoms with E-state index in [0.717, 1.165) is 30.4 Å². The molecule has 130 valence electrons. The van der Waals surface area contributed by atoms with Crippen LogP contribution in [-0.2, 0) is 10.3 Å². The third-order valence-corrected chi connectivity index (χ3v) is 4.18. The highest BCUT2D eigenvalue weighted by atomic mass is 16.5. The van der Waals surface area contributed by atoms with Gasteiger partial charge in [-0.15, -0.1) is 0 Å². The standard InChI is InChI=1S/C19H26N2O3/c1-5-6-7-12-21-17(22)19(4,20-18(21)23)15-8-10-16(11-9-15)24-13-14(2)3/h8-11H,2,5-7,12-13H2,1,3-4H3,(H,20,23). The maximum Gasteiger partial charge on any atom is 0.325 e. The maximum atomic E-state index is 12.7. The third kappa shape index (κ3) is 3.78. The molecule has 0 bridgehead atoms. The molecule has 2 rings (SSSR count). The van der Waals surface area contributed by atoms with Gasteiger partial charge in [0.15, 0.2) is 0 Å². The second-order valence-corrected chi connectivity index (χ2v) is 6.49. The molecule has 0 saturated carbocycles. The molecule has 1 aliphatic rings. The zero-order chi connectivity index (χ0) is 17.7. The van der Waals surface area contributed by atoms with Crippen LogP contribution in [0.2, 0.25) is 0 Å². The first-order chi connectivity index (χ1) is 11.4. The van der Waals surface area contributed by atoms with Crippen LogP contribution in [0.1, 0.15) is 45.6 Å². The smallest absolute Gasteiger partial charge is 0.325 e. The summed E-state index contributed by atoms with van der Waals surface area (Å²) in [5.41, 5.74) is 0.671. The van der Waals surface area contributed by atoms with E-state index in [4.69, 9.17) is 4.74 Å². The Morgan fingerprint density at radius 1 is 1.25 bits per heavy atom. The molecule has 24 heavy (non-hydrogen) atoms. The van der Waals surface area contributed by atoms with Gasteiger partial charge in [0.1, 0.15) is 17.9 Å². The van der Waals surface area contributed by atoms with Gasteiger partial charge in [0.25, 0.3) is 5.91 Å². The number of hydrogen-bond donors (Lipinski definition) is 1. The van der Waals surface area contributed by atoms with E-state index in [1.807, 2.05) is 31.2 Å². The largest absolute Gasteiger partial charge is 0.489 e. The molecule has 3 amide bonds. The van der Waals surface area contributed by atoms with Gasteiger partial charge in [0.2, 0.25) is 0 Å². The van der Waals surface area contributed by atoms with Gasteiger partial charge >= 0.3 is 6.03 Å². The average molecular weight is 330 g/mol. The molecule has 1 unspecified atom stereocenters. The number of hydrogen-bond acceptors (Lipinski definition) is 3. The highest BCUT2D eigenvalue weighted by Crippen LogP contribution is 2.30. The number of nitrogens with one attached hydrogen (secondary N) is 1. The molecule has 0 spiro atoms. The minimum atomic E-state index is -1.02. The third-order valence-electron chi connectivity index (χ3n) is 4.18. The summed E-state index contributed by atoms with van der Waals surface area (Å²) in [6.45, 7) is 10.5. The van der Waals surface area contributed by atoms with Crippen molar-refractivity contribution in [2.45, 2.75) is 45.6 Å². The minimum absolute atomic E-state index is 0.195. The Morgan fingerprint density at radius 3 is 2.50 bits per heavy atom. The molecule has 1 atom stereocenters. The van der Waals surface area contributed by atoms with Crippen LogP contribution in [0.4, 0.5) is 4.79 Å². The number of carbonyl (C=O) groups excluding carboxylic acids is 2. The Kier molecular flexibility index (Phi) is 5.65. The first-order valence-corrected chi connectivity index (χ1v) is 8.40. The Hall–Kier alpha value is -2.30. The Morgan fingerprint density at radius 2 is 1.92 bits per heavy atom. The van der Waals surface area contributed by atoms with E-state index < -0.39 is 5.54 Å². The van der Waals surface area contributed by atoms with E-state index in [9.17, 15) is 9.59 Å². The number of unbranched alkanes of at least 4 members (excludes halogenated alkanes) is 2. The van der Waals surface area contributed by atoms with Crippen LogP contribution in [0.15, 0.2) is 36.4 Å². The van der Waals surface area contributed by atoms with Gasteiger partial charge in [-0.1, -0.05) is 38.5 Å². The lowest BCUT2D eigenvalue weighted by Gasteiger charge is -2.22. The van der Waals surface area contributed by atoms with Gasteiger partial charge in [-0.25, -0.2) is 4.79 Å². The van der Waals surface area contributed by atoms with E-state index in [1.54, 1.807) is 6.92 Å². The summed E-state index contributed by atoms with van der Waals surface area (Å²) in [7, 11) is 0. The molecule has 0 aliphatic carbocycles. The van der Waals surface area contributed by atoms with Crippen LogP contribution >= 0.6 is 0 Å². The fourth-order valence-electron chi connectivity index (χ4n) is 2.71. The fraction of sp³-hybridized carbons (Fsp3) is 0.474. The number of nitrogens with zero attached hydrogens (tertiary/aromatic N) is 1. The highest BCUT2D eigenvalue weighted by molar-refractivity contribution is 6.07. The van der Waals surface area contributed by atoms with Crippen molar-refractivity contribution in [2.75, 3.05) is 13.2 Å². The van der Waals surface area contributed by atoms with Gasteiger partial charge in [0, 0.05) is 6.54 Å². The zero-order valence-electron chi connectivity index (χ0n) is 14.7. The van der Waals surface area contributed by atoms with Crippen LogP contribution in [0.25, 0.3) is 0 Å². The molecular weight excluding hydrogens is 304 g/mol. The number of benzene rings is 1. The predicted molar refractivity (Wildman–Crippen MR) is 93.9 cm³/mol. The summed E-state index contributed by atoms with van der Waals surface area (Å²) in [4.78, 5) is 26.2. The summed E-state index contributed by atoms with van der Waals surface area (Å²) in [6.07, 6.45) is 2.88. The average Bonchev–Trinajstić information content (AvgIpc) is 2.77. The molecule has 5 heteroatoms. The topological polar surface area (TPSA) is 58.6 Å². The van der Waals surface area contributed by atoms with E-state index in [-0.39, 0.29) is 11.9 Å². The number of ether oxygens (including phenoxy) is 1. The zero-order valence-corrected chi connectivity index (χ0v) is 14.7. The van der Waals surface area contributed by atoms with Gasteiger partial charge in [-0.2, -0.15) is 0 Å². The molecule has 0 aromatic heterocycles. The predicted octanol–water partition coefficient (Wildman–Crippen LogP) is 3.60. The highest BCUT2D eigenvalue weighted by Gasteiger charge is 2.48. The van der Waals surface area contributed by atoms with Crippen molar-refractivity contribution in [3.05, 3.63) is 42.0 Å². The van der Waals surface area contributed by atoms with Crippen molar-refractivity contribution >= 4 is 11.9 Å². The quantitative estimate of drug-likeness (QED) is 0.450. The molecule has 1 heterocycles. The first kappa shape index (κ1) is 18.0. The van der Waals surface area contributed by atoms with Crippen LogP contribution in [0.5, 0.6) is 5.75 Å². The summed E-state index contributed by atoms with van der Waals surface area (Å²) in [6, 6.07) is 6.94. The molecule has 0 radical (unpaired) electrons. The van der Waals surface area contributed by atoms with E-state index in [0.29, 0.717) is 18.9 Å². The fourth-order valence-corrected chi connectivity index (χ4v) is 2.71. The van der Waals surface area contributed by atoms with Crippen LogP contribution in [0.3, 0.4) is 0 Å². The number of rotatable bonds is 8.